The van der Waals surface area contributed by atoms with Gasteiger partial charge in [-0.25, -0.2) is 0 Å². The van der Waals surface area contributed by atoms with E-state index in [0.717, 1.165) is 29.0 Å². The van der Waals surface area contributed by atoms with Crippen LogP contribution in [0.5, 0.6) is 0 Å². The van der Waals surface area contributed by atoms with E-state index in [1.165, 1.54) is 5.56 Å². The molecule has 0 fully saturated rings. The molecular formula is C15H23BrN6S. The van der Waals surface area contributed by atoms with Gasteiger partial charge in [0.15, 0.2) is 5.11 Å². The van der Waals surface area contributed by atoms with Gasteiger partial charge in [0.2, 0.25) is 0 Å². The molecule has 0 saturated heterocycles. The van der Waals surface area contributed by atoms with Gasteiger partial charge < -0.3 is 10.2 Å². The van der Waals surface area contributed by atoms with Crippen LogP contribution in [-0.2, 0) is 26.2 Å². The number of hydrogen-bond donors (Lipinski definition) is 1. The molecule has 0 bridgehead atoms. The lowest BCUT2D eigenvalue weighted by atomic mass is 10.3. The zero-order chi connectivity index (χ0) is 17.0. The van der Waals surface area contributed by atoms with E-state index in [0.29, 0.717) is 18.2 Å². The van der Waals surface area contributed by atoms with Crippen molar-refractivity contribution in [3.8, 4) is 0 Å². The van der Waals surface area contributed by atoms with Gasteiger partial charge in [0, 0.05) is 44.6 Å². The van der Waals surface area contributed by atoms with E-state index in [-0.39, 0.29) is 0 Å². The summed E-state index contributed by atoms with van der Waals surface area (Å²) in [6.45, 7) is 9.23. The highest BCUT2D eigenvalue weighted by Crippen LogP contribution is 2.16. The number of nitrogens with one attached hydrogen (secondary N) is 1. The number of aryl methyl sites for hydroxylation is 3. The standard InChI is InChI=1S/C15H23BrN6S/c1-5-21-8-12(11(3)18-21)7-17-15(23)20(4)10-14-13(16)9-22(6-2)19-14/h8-9H,5-7,10H2,1-4H3,(H,17,23). The Morgan fingerprint density at radius 2 is 1.91 bits per heavy atom. The monoisotopic (exact) mass is 398 g/mol. The fourth-order valence-electron chi connectivity index (χ4n) is 2.20. The largest absolute Gasteiger partial charge is 0.358 e. The topological polar surface area (TPSA) is 50.9 Å². The van der Waals surface area contributed by atoms with Gasteiger partial charge in [-0.1, -0.05) is 0 Å². The lowest BCUT2D eigenvalue weighted by molar-refractivity contribution is 0.474. The Morgan fingerprint density at radius 3 is 2.48 bits per heavy atom. The van der Waals surface area contributed by atoms with Crippen molar-refractivity contribution in [2.24, 2.45) is 0 Å². The van der Waals surface area contributed by atoms with E-state index in [2.05, 4.69) is 51.5 Å². The van der Waals surface area contributed by atoms with Crippen molar-refractivity contribution < 1.29 is 0 Å². The van der Waals surface area contributed by atoms with Crippen LogP contribution in [0, 0.1) is 6.92 Å². The first-order valence-corrected chi connectivity index (χ1v) is 8.88. The fourth-order valence-corrected chi connectivity index (χ4v) is 2.78. The first-order valence-electron chi connectivity index (χ1n) is 7.68. The third-order valence-corrected chi connectivity index (χ3v) is 4.77. The van der Waals surface area contributed by atoms with Gasteiger partial charge in [0.25, 0.3) is 0 Å². The van der Waals surface area contributed by atoms with Crippen LogP contribution in [0.1, 0.15) is 30.8 Å². The second kappa shape index (κ2) is 7.92. The van der Waals surface area contributed by atoms with Crippen LogP contribution in [0.25, 0.3) is 0 Å². The van der Waals surface area contributed by atoms with Crippen LogP contribution in [-0.4, -0.2) is 36.6 Å². The molecule has 2 rings (SSSR count). The highest BCUT2D eigenvalue weighted by atomic mass is 79.9. The van der Waals surface area contributed by atoms with Crippen LogP contribution in [0.2, 0.25) is 0 Å². The average Bonchev–Trinajstić information content (AvgIpc) is 3.07. The Morgan fingerprint density at radius 1 is 1.26 bits per heavy atom. The van der Waals surface area contributed by atoms with E-state index < -0.39 is 0 Å². The first-order chi connectivity index (χ1) is 10.9. The second-order valence-corrected chi connectivity index (χ2v) is 6.63. The lowest BCUT2D eigenvalue weighted by Gasteiger charge is -2.20. The summed E-state index contributed by atoms with van der Waals surface area (Å²) in [5.41, 5.74) is 3.18. The minimum Gasteiger partial charge on any atom is -0.358 e. The second-order valence-electron chi connectivity index (χ2n) is 5.39. The summed E-state index contributed by atoms with van der Waals surface area (Å²) in [5.74, 6) is 0. The minimum atomic E-state index is 0.659. The van der Waals surface area contributed by atoms with E-state index in [9.17, 15) is 0 Å². The molecule has 0 radical (unpaired) electrons. The number of aromatic nitrogens is 4. The van der Waals surface area contributed by atoms with E-state index in [1.54, 1.807) is 0 Å². The molecule has 0 atom stereocenters. The van der Waals surface area contributed by atoms with Crippen molar-refractivity contribution in [3.63, 3.8) is 0 Å². The zero-order valence-electron chi connectivity index (χ0n) is 14.0. The summed E-state index contributed by atoms with van der Waals surface area (Å²) in [7, 11) is 1.97. The van der Waals surface area contributed by atoms with Gasteiger partial charge in [0.05, 0.1) is 22.4 Å². The summed E-state index contributed by atoms with van der Waals surface area (Å²) < 4.78 is 4.86. The Balaban J connectivity index is 1.91. The Labute approximate surface area is 151 Å². The van der Waals surface area contributed by atoms with Gasteiger partial charge in [-0.15, -0.1) is 0 Å². The molecule has 0 spiro atoms. The molecule has 0 aliphatic heterocycles. The van der Waals surface area contributed by atoms with Gasteiger partial charge in [-0.2, -0.15) is 10.2 Å². The van der Waals surface area contributed by atoms with Crippen LogP contribution in [0.15, 0.2) is 16.9 Å². The highest BCUT2D eigenvalue weighted by Gasteiger charge is 2.12. The maximum Gasteiger partial charge on any atom is 0.169 e. The summed E-state index contributed by atoms with van der Waals surface area (Å²) in [6.07, 6.45) is 4.05. The normalized spacial score (nSPS) is 10.8. The number of nitrogens with zero attached hydrogens (tertiary/aromatic N) is 5. The van der Waals surface area contributed by atoms with Crippen LogP contribution in [0.4, 0.5) is 0 Å². The van der Waals surface area contributed by atoms with E-state index >= 15 is 0 Å². The number of hydrogen-bond acceptors (Lipinski definition) is 3. The Kier molecular flexibility index (Phi) is 6.17. The van der Waals surface area contributed by atoms with Crippen molar-refractivity contribution in [2.75, 3.05) is 7.05 Å². The van der Waals surface area contributed by atoms with Crippen molar-refractivity contribution in [2.45, 2.75) is 47.0 Å². The maximum absolute atomic E-state index is 5.47. The summed E-state index contributed by atoms with van der Waals surface area (Å²) >= 11 is 9.02. The summed E-state index contributed by atoms with van der Waals surface area (Å²) in [6, 6.07) is 0. The quantitative estimate of drug-likeness (QED) is 0.757. The molecule has 126 valence electrons. The van der Waals surface area contributed by atoms with Crippen LogP contribution in [0.3, 0.4) is 0 Å². The molecule has 0 aromatic carbocycles. The fraction of sp³-hybridized carbons (Fsp3) is 0.533. The summed E-state index contributed by atoms with van der Waals surface area (Å²) in [5, 5.41) is 13.0. The molecule has 2 aromatic rings. The van der Waals surface area contributed by atoms with Gasteiger partial charge >= 0.3 is 0 Å². The van der Waals surface area contributed by atoms with Crippen molar-refractivity contribution >= 4 is 33.3 Å². The molecule has 0 amide bonds. The molecule has 23 heavy (non-hydrogen) atoms. The molecule has 0 aliphatic rings. The number of thiocarbonyl (C=S) groups is 1. The van der Waals surface area contributed by atoms with Crippen LogP contribution >= 0.6 is 28.1 Å². The first kappa shape index (κ1) is 17.9. The van der Waals surface area contributed by atoms with E-state index in [1.807, 2.05) is 34.4 Å². The molecular weight excluding hydrogens is 376 g/mol. The Hall–Kier alpha value is -1.41. The van der Waals surface area contributed by atoms with Crippen molar-refractivity contribution in [3.05, 3.63) is 33.8 Å². The SMILES string of the molecule is CCn1cc(CNC(=S)N(C)Cc2nn(CC)cc2Br)c(C)n1. The van der Waals surface area contributed by atoms with Gasteiger partial charge in [-0.05, 0) is 48.9 Å². The molecule has 0 saturated carbocycles. The summed E-state index contributed by atoms with van der Waals surface area (Å²) in [4.78, 5) is 1.99. The maximum atomic E-state index is 5.47. The number of rotatable bonds is 6. The van der Waals surface area contributed by atoms with Crippen molar-refractivity contribution in [1.82, 2.24) is 29.8 Å². The smallest absolute Gasteiger partial charge is 0.169 e. The predicted octanol–water partition coefficient (Wildman–Crippen LogP) is 2.70. The third kappa shape index (κ3) is 4.54. The third-order valence-electron chi connectivity index (χ3n) is 3.65. The van der Waals surface area contributed by atoms with E-state index in [4.69, 9.17) is 12.2 Å². The lowest BCUT2D eigenvalue weighted by Crippen LogP contribution is -2.36. The zero-order valence-corrected chi connectivity index (χ0v) is 16.4. The highest BCUT2D eigenvalue weighted by molar-refractivity contribution is 9.10. The minimum absolute atomic E-state index is 0.659. The molecule has 6 nitrogen and oxygen atoms in total. The Bertz CT molecular complexity index is 678. The van der Waals surface area contributed by atoms with Crippen molar-refractivity contribution in [1.29, 1.82) is 0 Å². The molecule has 0 aliphatic carbocycles. The van der Waals surface area contributed by atoms with Crippen LogP contribution < -0.4 is 5.32 Å². The molecule has 0 unspecified atom stereocenters. The molecule has 2 aromatic heterocycles. The van der Waals surface area contributed by atoms with Gasteiger partial charge in [0.1, 0.15) is 0 Å². The average molecular weight is 399 g/mol. The van der Waals surface area contributed by atoms with Gasteiger partial charge in [-0.3, -0.25) is 9.36 Å². The number of halogens is 1. The molecule has 2 heterocycles. The predicted molar refractivity (Wildman–Crippen MR) is 99.1 cm³/mol. The molecule has 1 N–H and O–H groups in total. The molecule has 8 heteroatoms.